The molecule has 1 aliphatic rings. The van der Waals surface area contributed by atoms with Crippen LogP contribution < -0.4 is 4.50 Å². The van der Waals surface area contributed by atoms with Crippen molar-refractivity contribution in [3.63, 3.8) is 0 Å². The molecular formula is C10H14O2SSi. The first-order valence-electron chi connectivity index (χ1n) is 4.79. The van der Waals surface area contributed by atoms with E-state index in [1.807, 2.05) is 0 Å². The molecule has 1 aromatic rings. The summed E-state index contributed by atoms with van der Waals surface area (Å²) in [5.74, 6) is -0.124. The average Bonchev–Trinajstić information content (AvgIpc) is 2.48. The Labute approximate surface area is 88.9 Å². The number of thiophene rings is 1. The zero-order chi connectivity index (χ0) is 10.3. The van der Waals surface area contributed by atoms with E-state index in [1.165, 1.54) is 10.1 Å². The van der Waals surface area contributed by atoms with E-state index in [0.717, 1.165) is 11.3 Å². The molecule has 0 aromatic carbocycles. The van der Waals surface area contributed by atoms with E-state index in [1.54, 1.807) is 11.3 Å². The van der Waals surface area contributed by atoms with Crippen molar-refractivity contribution in [3.05, 3.63) is 16.5 Å². The summed E-state index contributed by atoms with van der Waals surface area (Å²) in [6.45, 7) is 7.45. The van der Waals surface area contributed by atoms with Crippen molar-refractivity contribution >= 4 is 29.9 Å². The second-order valence-corrected chi connectivity index (χ2v) is 11.1. The van der Waals surface area contributed by atoms with Crippen molar-refractivity contribution in [1.82, 2.24) is 0 Å². The molecule has 0 atom stereocenters. The minimum absolute atomic E-state index is 0.124. The second kappa shape index (κ2) is 3.20. The standard InChI is InChI=1S/C10H14O2SSi/c1-14(2,3)8-6-7-4-5-12-10(11)9(7)13-8/h6H,4-5H2,1-3H3. The Balaban J connectivity index is 2.45. The quantitative estimate of drug-likeness (QED) is 0.541. The highest BCUT2D eigenvalue weighted by atomic mass is 32.1. The number of rotatable bonds is 1. The molecule has 0 N–H and O–H groups in total. The molecular weight excluding hydrogens is 212 g/mol. The third-order valence-corrected chi connectivity index (χ3v) is 7.07. The fourth-order valence-corrected chi connectivity index (χ4v) is 4.47. The first kappa shape index (κ1) is 9.92. The lowest BCUT2D eigenvalue weighted by atomic mass is 10.2. The monoisotopic (exact) mass is 226 g/mol. The molecule has 0 unspecified atom stereocenters. The van der Waals surface area contributed by atoms with Crippen molar-refractivity contribution in [2.45, 2.75) is 26.1 Å². The lowest BCUT2D eigenvalue weighted by Gasteiger charge is -2.11. The van der Waals surface area contributed by atoms with Gasteiger partial charge >= 0.3 is 5.97 Å². The third kappa shape index (κ3) is 1.64. The molecule has 14 heavy (non-hydrogen) atoms. The lowest BCUT2D eigenvalue weighted by Crippen LogP contribution is -2.34. The van der Waals surface area contributed by atoms with Crippen LogP contribution in [0, 0.1) is 0 Å². The van der Waals surface area contributed by atoms with Crippen molar-refractivity contribution in [2.75, 3.05) is 6.61 Å². The predicted molar refractivity (Wildman–Crippen MR) is 61.3 cm³/mol. The van der Waals surface area contributed by atoms with Crippen molar-refractivity contribution in [2.24, 2.45) is 0 Å². The summed E-state index contributed by atoms with van der Waals surface area (Å²) >= 11 is 1.64. The lowest BCUT2D eigenvalue weighted by molar-refractivity contribution is 0.0488. The van der Waals surface area contributed by atoms with E-state index < -0.39 is 8.07 Å². The fourth-order valence-electron chi connectivity index (χ4n) is 1.48. The molecule has 0 bridgehead atoms. The molecule has 0 saturated heterocycles. The molecule has 0 saturated carbocycles. The van der Waals surface area contributed by atoms with Gasteiger partial charge in [-0.15, -0.1) is 11.3 Å². The maximum atomic E-state index is 11.4. The van der Waals surface area contributed by atoms with E-state index in [2.05, 4.69) is 25.7 Å². The Morgan fingerprint density at radius 3 is 2.71 bits per heavy atom. The summed E-state index contributed by atoms with van der Waals surface area (Å²) in [6.07, 6.45) is 0.891. The Morgan fingerprint density at radius 1 is 1.43 bits per heavy atom. The normalized spacial score (nSPS) is 16.4. The number of ether oxygens (including phenoxy) is 1. The summed E-state index contributed by atoms with van der Waals surface area (Å²) in [4.78, 5) is 12.3. The zero-order valence-corrected chi connectivity index (χ0v) is 10.5. The minimum Gasteiger partial charge on any atom is -0.461 e. The Kier molecular flexibility index (Phi) is 2.27. The highest BCUT2D eigenvalue weighted by molar-refractivity contribution is 7.27. The number of carbonyl (C=O) groups excluding carboxylic acids is 1. The first-order valence-corrected chi connectivity index (χ1v) is 9.10. The number of carbonyl (C=O) groups is 1. The number of hydrogen-bond acceptors (Lipinski definition) is 3. The molecule has 0 spiro atoms. The van der Waals surface area contributed by atoms with E-state index in [4.69, 9.17) is 4.74 Å². The SMILES string of the molecule is C[Si](C)(C)c1cc2c(s1)C(=O)OCC2. The van der Waals surface area contributed by atoms with Gasteiger partial charge in [0.1, 0.15) is 4.88 Å². The van der Waals surface area contributed by atoms with E-state index in [9.17, 15) is 4.79 Å². The van der Waals surface area contributed by atoms with E-state index in [-0.39, 0.29) is 5.97 Å². The number of fused-ring (bicyclic) bond motifs is 1. The first-order chi connectivity index (χ1) is 6.48. The van der Waals surface area contributed by atoms with E-state index >= 15 is 0 Å². The minimum atomic E-state index is -1.27. The summed E-state index contributed by atoms with van der Waals surface area (Å²) in [5.41, 5.74) is 1.20. The Hall–Kier alpha value is -0.613. The Bertz CT molecular complexity index is 376. The maximum Gasteiger partial charge on any atom is 0.348 e. The van der Waals surface area contributed by atoms with Crippen LogP contribution in [0.2, 0.25) is 19.6 Å². The molecule has 2 rings (SSSR count). The summed E-state index contributed by atoms with van der Waals surface area (Å²) < 4.78 is 6.42. The van der Waals surface area contributed by atoms with Crippen LogP contribution in [0.5, 0.6) is 0 Å². The topological polar surface area (TPSA) is 26.3 Å². The van der Waals surface area contributed by atoms with Crippen molar-refractivity contribution in [1.29, 1.82) is 0 Å². The molecule has 1 aromatic heterocycles. The average molecular weight is 226 g/mol. The molecule has 1 aliphatic heterocycles. The molecule has 0 amide bonds. The third-order valence-electron chi connectivity index (χ3n) is 2.34. The van der Waals surface area contributed by atoms with Gasteiger partial charge in [-0.25, -0.2) is 4.79 Å². The van der Waals surface area contributed by atoms with Gasteiger partial charge in [-0.2, -0.15) is 0 Å². The highest BCUT2D eigenvalue weighted by Gasteiger charge is 2.26. The van der Waals surface area contributed by atoms with Gasteiger partial charge in [-0.1, -0.05) is 19.6 Å². The molecule has 0 aliphatic carbocycles. The molecule has 4 heteroatoms. The predicted octanol–water partition coefficient (Wildman–Crippen LogP) is 2.01. The van der Waals surface area contributed by atoms with Gasteiger partial charge < -0.3 is 4.74 Å². The second-order valence-electron chi connectivity index (χ2n) is 4.60. The molecule has 2 nitrogen and oxygen atoms in total. The number of esters is 1. The smallest absolute Gasteiger partial charge is 0.348 e. The number of cyclic esters (lactones) is 1. The van der Waals surface area contributed by atoms with Crippen LogP contribution in [-0.4, -0.2) is 20.7 Å². The summed E-state index contributed by atoms with van der Waals surface area (Å²) in [6, 6.07) is 2.21. The van der Waals surface area contributed by atoms with Gasteiger partial charge in [0.05, 0.1) is 14.7 Å². The van der Waals surface area contributed by atoms with Crippen LogP contribution >= 0.6 is 11.3 Å². The van der Waals surface area contributed by atoms with Crippen LogP contribution in [0.3, 0.4) is 0 Å². The fraction of sp³-hybridized carbons (Fsp3) is 0.500. The molecule has 0 radical (unpaired) electrons. The summed E-state index contributed by atoms with van der Waals surface area (Å²) in [5, 5.41) is 0. The summed E-state index contributed by atoms with van der Waals surface area (Å²) in [7, 11) is -1.27. The van der Waals surface area contributed by atoms with Crippen LogP contribution in [-0.2, 0) is 11.2 Å². The molecule has 76 valence electrons. The maximum absolute atomic E-state index is 11.4. The van der Waals surface area contributed by atoms with Gasteiger partial charge in [-0.05, 0) is 16.1 Å². The number of hydrogen-bond donors (Lipinski definition) is 0. The van der Waals surface area contributed by atoms with Crippen LogP contribution in [0.15, 0.2) is 6.07 Å². The van der Waals surface area contributed by atoms with Crippen molar-refractivity contribution < 1.29 is 9.53 Å². The molecule has 0 fully saturated rings. The van der Waals surface area contributed by atoms with Crippen LogP contribution in [0.25, 0.3) is 0 Å². The van der Waals surface area contributed by atoms with Gasteiger partial charge in [0.25, 0.3) is 0 Å². The molecule has 2 heterocycles. The van der Waals surface area contributed by atoms with Gasteiger partial charge in [0, 0.05) is 6.42 Å². The van der Waals surface area contributed by atoms with Gasteiger partial charge in [0.2, 0.25) is 0 Å². The zero-order valence-electron chi connectivity index (χ0n) is 8.72. The van der Waals surface area contributed by atoms with E-state index in [0.29, 0.717) is 6.61 Å². The Morgan fingerprint density at radius 2 is 2.14 bits per heavy atom. The van der Waals surface area contributed by atoms with Gasteiger partial charge in [-0.3, -0.25) is 0 Å². The van der Waals surface area contributed by atoms with Crippen LogP contribution in [0.1, 0.15) is 15.2 Å². The van der Waals surface area contributed by atoms with Crippen LogP contribution in [0.4, 0.5) is 0 Å². The highest BCUT2D eigenvalue weighted by Crippen LogP contribution is 2.23. The van der Waals surface area contributed by atoms with Crippen molar-refractivity contribution in [3.8, 4) is 0 Å². The largest absolute Gasteiger partial charge is 0.461 e. The van der Waals surface area contributed by atoms with Gasteiger partial charge in [0.15, 0.2) is 0 Å².